The molecule has 30 heavy (non-hydrogen) atoms. The zero-order valence-electron chi connectivity index (χ0n) is 17.4. The van der Waals surface area contributed by atoms with Gasteiger partial charge in [0.05, 0.1) is 7.11 Å². The highest BCUT2D eigenvalue weighted by Gasteiger charge is 2.28. The van der Waals surface area contributed by atoms with Gasteiger partial charge in [0.15, 0.2) is 23.4 Å². The van der Waals surface area contributed by atoms with Crippen LogP contribution in [0.5, 0.6) is 17.2 Å². The summed E-state index contributed by atoms with van der Waals surface area (Å²) in [7, 11) is 1.53. The fourth-order valence-corrected chi connectivity index (χ4v) is 3.15. The quantitative estimate of drug-likeness (QED) is 0.560. The number of ether oxygens (including phenoxy) is 3. The molecule has 0 aliphatic carbocycles. The minimum Gasteiger partial charge on any atom is -0.493 e. The number of hydrogen-bond donors (Lipinski definition) is 1. The van der Waals surface area contributed by atoms with Gasteiger partial charge in [-0.05, 0) is 54.8 Å². The summed E-state index contributed by atoms with van der Waals surface area (Å²) in [6.45, 7) is 3.75. The molecule has 3 rings (SSSR count). The first-order valence-corrected chi connectivity index (χ1v) is 9.75. The fourth-order valence-electron chi connectivity index (χ4n) is 3.15. The SMILES string of the molecule is COc1ccccc1OC(C(C)=O)C(O)c1ccc(OCc2ccccc2)c(C)c1. The van der Waals surface area contributed by atoms with Crippen molar-refractivity contribution in [3.63, 3.8) is 0 Å². The van der Waals surface area contributed by atoms with Gasteiger partial charge in [-0.15, -0.1) is 0 Å². The predicted octanol–water partition coefficient (Wildman–Crippen LogP) is 4.65. The standard InChI is InChI=1S/C25H26O5/c1-17-15-20(13-14-21(17)29-16-19-9-5-4-6-10-19)24(27)25(18(2)26)30-23-12-8-7-11-22(23)28-3/h4-15,24-25,27H,16H2,1-3H3. The summed E-state index contributed by atoms with van der Waals surface area (Å²) >= 11 is 0. The van der Waals surface area contributed by atoms with Gasteiger partial charge in [0.2, 0.25) is 0 Å². The Bertz CT molecular complexity index is 984. The van der Waals surface area contributed by atoms with Crippen LogP contribution in [0.4, 0.5) is 0 Å². The molecule has 0 saturated carbocycles. The van der Waals surface area contributed by atoms with Gasteiger partial charge in [0.1, 0.15) is 18.5 Å². The summed E-state index contributed by atoms with van der Waals surface area (Å²) in [6, 6.07) is 22.3. The highest BCUT2D eigenvalue weighted by molar-refractivity contribution is 5.81. The van der Waals surface area contributed by atoms with Crippen LogP contribution < -0.4 is 14.2 Å². The Balaban J connectivity index is 1.75. The number of benzene rings is 3. The molecule has 0 aliphatic heterocycles. The summed E-state index contributed by atoms with van der Waals surface area (Å²) in [5.74, 6) is 1.34. The van der Waals surface area contributed by atoms with Crippen LogP contribution >= 0.6 is 0 Å². The van der Waals surface area contributed by atoms with Crippen molar-refractivity contribution in [2.45, 2.75) is 32.7 Å². The second-order valence-electron chi connectivity index (χ2n) is 7.04. The number of Topliss-reactive ketones (excluding diaryl/α,β-unsaturated/α-hetero) is 1. The minimum atomic E-state index is -1.13. The molecule has 5 heteroatoms. The maximum atomic E-state index is 12.2. The monoisotopic (exact) mass is 406 g/mol. The van der Waals surface area contributed by atoms with Crippen molar-refractivity contribution >= 4 is 5.78 Å². The molecule has 0 spiro atoms. The van der Waals surface area contributed by atoms with E-state index in [0.717, 1.165) is 16.9 Å². The summed E-state index contributed by atoms with van der Waals surface area (Å²) in [6.07, 6.45) is -2.19. The van der Waals surface area contributed by atoms with Gasteiger partial charge in [-0.3, -0.25) is 4.79 Å². The third-order valence-corrected chi connectivity index (χ3v) is 4.79. The lowest BCUT2D eigenvalue weighted by Crippen LogP contribution is -2.32. The van der Waals surface area contributed by atoms with E-state index in [9.17, 15) is 9.90 Å². The molecule has 0 heterocycles. The summed E-state index contributed by atoms with van der Waals surface area (Å²) in [5, 5.41) is 10.9. The molecular weight excluding hydrogens is 380 g/mol. The molecule has 0 aliphatic rings. The number of carbonyl (C=O) groups is 1. The molecule has 0 aromatic heterocycles. The maximum absolute atomic E-state index is 12.2. The number of aliphatic hydroxyl groups excluding tert-OH is 1. The molecular formula is C25H26O5. The second-order valence-corrected chi connectivity index (χ2v) is 7.04. The van der Waals surface area contributed by atoms with Crippen LogP contribution in [0.2, 0.25) is 0 Å². The molecule has 0 saturated heterocycles. The van der Waals surface area contributed by atoms with E-state index in [1.165, 1.54) is 14.0 Å². The highest BCUT2D eigenvalue weighted by atomic mass is 16.5. The Morgan fingerprint density at radius 1 is 0.933 bits per heavy atom. The minimum absolute atomic E-state index is 0.282. The van der Waals surface area contributed by atoms with E-state index in [0.29, 0.717) is 23.7 Å². The van der Waals surface area contributed by atoms with E-state index in [1.54, 1.807) is 30.3 Å². The van der Waals surface area contributed by atoms with E-state index in [2.05, 4.69) is 0 Å². The van der Waals surface area contributed by atoms with Crippen molar-refractivity contribution in [2.24, 2.45) is 0 Å². The highest BCUT2D eigenvalue weighted by Crippen LogP contribution is 2.31. The molecule has 0 fully saturated rings. The van der Waals surface area contributed by atoms with E-state index >= 15 is 0 Å². The molecule has 2 unspecified atom stereocenters. The lowest BCUT2D eigenvalue weighted by Gasteiger charge is -2.24. The van der Waals surface area contributed by atoms with Gasteiger partial charge in [-0.25, -0.2) is 0 Å². The Labute approximate surface area is 176 Å². The number of aryl methyl sites for hydroxylation is 1. The number of rotatable bonds is 9. The van der Waals surface area contributed by atoms with Gasteiger partial charge in [0, 0.05) is 0 Å². The summed E-state index contributed by atoms with van der Waals surface area (Å²) in [5.41, 5.74) is 2.51. The third kappa shape index (κ3) is 5.19. The lowest BCUT2D eigenvalue weighted by atomic mass is 9.99. The average molecular weight is 406 g/mol. The number of carbonyl (C=O) groups excluding carboxylic acids is 1. The van der Waals surface area contributed by atoms with Crippen LogP contribution in [0.25, 0.3) is 0 Å². The molecule has 3 aromatic carbocycles. The average Bonchev–Trinajstić information content (AvgIpc) is 2.77. The van der Waals surface area contributed by atoms with Crippen molar-refractivity contribution < 1.29 is 24.1 Å². The number of aliphatic hydroxyl groups is 1. The Kier molecular flexibility index (Phi) is 7.09. The van der Waals surface area contributed by atoms with Crippen molar-refractivity contribution in [1.82, 2.24) is 0 Å². The van der Waals surface area contributed by atoms with E-state index < -0.39 is 12.2 Å². The molecule has 1 N–H and O–H groups in total. The van der Waals surface area contributed by atoms with Gasteiger partial charge >= 0.3 is 0 Å². The van der Waals surface area contributed by atoms with Crippen molar-refractivity contribution in [1.29, 1.82) is 0 Å². The molecule has 5 nitrogen and oxygen atoms in total. The largest absolute Gasteiger partial charge is 0.493 e. The predicted molar refractivity (Wildman–Crippen MR) is 115 cm³/mol. The van der Waals surface area contributed by atoms with Crippen molar-refractivity contribution in [3.05, 3.63) is 89.5 Å². The number of hydrogen-bond acceptors (Lipinski definition) is 5. The maximum Gasteiger partial charge on any atom is 0.186 e. The summed E-state index contributed by atoms with van der Waals surface area (Å²) < 4.78 is 17.0. The molecule has 0 radical (unpaired) electrons. The summed E-state index contributed by atoms with van der Waals surface area (Å²) in [4.78, 5) is 12.2. The second kappa shape index (κ2) is 9.94. The first-order valence-electron chi connectivity index (χ1n) is 9.75. The van der Waals surface area contributed by atoms with Gasteiger partial charge in [-0.2, -0.15) is 0 Å². The Morgan fingerprint density at radius 2 is 1.60 bits per heavy atom. The Hall–Kier alpha value is -3.31. The number of ketones is 1. The van der Waals surface area contributed by atoms with Crippen molar-refractivity contribution in [2.75, 3.05) is 7.11 Å². The molecule has 156 valence electrons. The molecule has 3 aromatic rings. The van der Waals surface area contributed by atoms with E-state index in [-0.39, 0.29) is 5.78 Å². The normalized spacial score (nSPS) is 12.7. The zero-order valence-corrected chi connectivity index (χ0v) is 17.4. The molecule has 2 atom stereocenters. The lowest BCUT2D eigenvalue weighted by molar-refractivity contribution is -0.128. The topological polar surface area (TPSA) is 65.0 Å². The zero-order chi connectivity index (χ0) is 21.5. The first-order chi connectivity index (χ1) is 14.5. The van der Waals surface area contributed by atoms with Gasteiger partial charge < -0.3 is 19.3 Å². The van der Waals surface area contributed by atoms with Gasteiger partial charge in [0.25, 0.3) is 0 Å². The Morgan fingerprint density at radius 3 is 2.23 bits per heavy atom. The van der Waals surface area contributed by atoms with E-state index in [4.69, 9.17) is 14.2 Å². The van der Waals surface area contributed by atoms with Crippen LogP contribution in [0, 0.1) is 6.92 Å². The van der Waals surface area contributed by atoms with Crippen molar-refractivity contribution in [3.8, 4) is 17.2 Å². The third-order valence-electron chi connectivity index (χ3n) is 4.79. The number of para-hydroxylation sites is 2. The smallest absolute Gasteiger partial charge is 0.186 e. The fraction of sp³-hybridized carbons (Fsp3) is 0.240. The number of methoxy groups -OCH3 is 1. The first kappa shape index (κ1) is 21.4. The molecule has 0 amide bonds. The van der Waals surface area contributed by atoms with Crippen LogP contribution in [-0.4, -0.2) is 24.1 Å². The molecule has 0 bridgehead atoms. The van der Waals surface area contributed by atoms with Crippen LogP contribution in [0.1, 0.15) is 29.7 Å². The van der Waals surface area contributed by atoms with Crippen LogP contribution in [0.15, 0.2) is 72.8 Å². The van der Waals surface area contributed by atoms with E-state index in [1.807, 2.05) is 49.4 Å². The van der Waals surface area contributed by atoms with Gasteiger partial charge in [-0.1, -0.05) is 48.5 Å². The van der Waals surface area contributed by atoms with Crippen LogP contribution in [0.3, 0.4) is 0 Å². The van der Waals surface area contributed by atoms with Crippen LogP contribution in [-0.2, 0) is 11.4 Å².